The van der Waals surface area contributed by atoms with Crippen LogP contribution in [0, 0.1) is 17.5 Å². The molecule has 1 atom stereocenters. The largest absolute Gasteiger partial charge is 0.480 e. The van der Waals surface area contributed by atoms with E-state index in [0.29, 0.717) is 6.07 Å². The Hall–Kier alpha value is -1.56. The molecule has 0 aliphatic rings. The Morgan fingerprint density at radius 2 is 2.00 bits per heavy atom. The van der Waals surface area contributed by atoms with E-state index in [0.717, 1.165) is 6.07 Å². The minimum Gasteiger partial charge on any atom is -0.480 e. The molecule has 0 saturated carbocycles. The summed E-state index contributed by atoms with van der Waals surface area (Å²) >= 11 is 0. The van der Waals surface area contributed by atoms with Crippen molar-refractivity contribution in [3.63, 3.8) is 0 Å². The molecule has 0 aliphatic heterocycles. The highest BCUT2D eigenvalue weighted by Crippen LogP contribution is 2.15. The summed E-state index contributed by atoms with van der Waals surface area (Å²) in [5.74, 6) is -4.96. The lowest BCUT2D eigenvalue weighted by Crippen LogP contribution is -2.32. The molecule has 1 aromatic carbocycles. The number of aliphatic carboxylic acids is 1. The molecule has 82 valence electrons. The van der Waals surface area contributed by atoms with Gasteiger partial charge in [0.05, 0.1) is 0 Å². The van der Waals surface area contributed by atoms with E-state index in [-0.39, 0.29) is 5.56 Å². The smallest absolute Gasteiger partial charge is 0.320 e. The lowest BCUT2D eigenvalue weighted by atomic mass is 10.1. The number of rotatable bonds is 3. The predicted octanol–water partition coefficient (Wildman–Crippen LogP) is 1.06. The second kappa shape index (κ2) is 4.31. The summed E-state index contributed by atoms with van der Waals surface area (Å²) in [4.78, 5) is 10.3. The fraction of sp³-hybridized carbons (Fsp3) is 0.222. The Balaban J connectivity index is 2.99. The van der Waals surface area contributed by atoms with E-state index >= 15 is 0 Å². The Morgan fingerprint density at radius 1 is 1.40 bits per heavy atom. The van der Waals surface area contributed by atoms with Crippen molar-refractivity contribution in [1.29, 1.82) is 0 Å². The van der Waals surface area contributed by atoms with Crippen LogP contribution < -0.4 is 5.73 Å². The molecule has 1 aromatic rings. The molecule has 0 aromatic heterocycles. The highest BCUT2D eigenvalue weighted by atomic mass is 19.2. The summed E-state index contributed by atoms with van der Waals surface area (Å²) in [6.07, 6.45) is -0.462. The van der Waals surface area contributed by atoms with Crippen LogP contribution >= 0.6 is 0 Å². The summed E-state index contributed by atoms with van der Waals surface area (Å²) in [6.45, 7) is 0. The molecule has 3 N–H and O–H groups in total. The molecule has 6 heteroatoms. The summed E-state index contributed by atoms with van der Waals surface area (Å²) in [5.41, 5.74) is 4.72. The topological polar surface area (TPSA) is 63.3 Å². The molecular formula is C9H8F3NO2. The molecule has 0 saturated heterocycles. The highest BCUT2D eigenvalue weighted by molar-refractivity contribution is 5.73. The first-order chi connectivity index (χ1) is 6.91. The van der Waals surface area contributed by atoms with Gasteiger partial charge in [-0.15, -0.1) is 0 Å². The van der Waals surface area contributed by atoms with E-state index in [1.807, 2.05) is 0 Å². The number of hydrogen-bond donors (Lipinski definition) is 2. The van der Waals surface area contributed by atoms with Crippen LogP contribution in [0.1, 0.15) is 5.56 Å². The van der Waals surface area contributed by atoms with Crippen LogP contribution in [0.4, 0.5) is 13.2 Å². The van der Waals surface area contributed by atoms with E-state index in [1.165, 1.54) is 0 Å². The second-order valence-corrected chi connectivity index (χ2v) is 3.01. The zero-order valence-corrected chi connectivity index (χ0v) is 7.51. The number of hydrogen-bond acceptors (Lipinski definition) is 2. The van der Waals surface area contributed by atoms with Crippen LogP contribution in [0.25, 0.3) is 0 Å². The van der Waals surface area contributed by atoms with Crippen molar-refractivity contribution >= 4 is 5.97 Å². The molecule has 0 bridgehead atoms. The number of carboxylic acid groups (broad SMARTS) is 1. The molecule has 1 rings (SSSR count). The van der Waals surface area contributed by atoms with E-state index in [2.05, 4.69) is 0 Å². The summed E-state index contributed by atoms with van der Waals surface area (Å²) in [6, 6.07) is -0.285. The van der Waals surface area contributed by atoms with Gasteiger partial charge in [0.1, 0.15) is 11.9 Å². The third-order valence-electron chi connectivity index (χ3n) is 1.83. The second-order valence-electron chi connectivity index (χ2n) is 3.01. The molecule has 0 aliphatic carbocycles. The van der Waals surface area contributed by atoms with Crippen LogP contribution in [-0.4, -0.2) is 17.1 Å². The molecule has 0 fully saturated rings. The van der Waals surface area contributed by atoms with Gasteiger partial charge < -0.3 is 10.8 Å². The van der Waals surface area contributed by atoms with Gasteiger partial charge in [0.15, 0.2) is 11.6 Å². The van der Waals surface area contributed by atoms with Crippen molar-refractivity contribution in [3.8, 4) is 0 Å². The summed E-state index contributed by atoms with van der Waals surface area (Å²) < 4.78 is 38.4. The van der Waals surface area contributed by atoms with Crippen molar-refractivity contribution in [2.24, 2.45) is 5.73 Å². The van der Waals surface area contributed by atoms with Gasteiger partial charge in [-0.1, -0.05) is 0 Å². The van der Waals surface area contributed by atoms with Gasteiger partial charge in [0, 0.05) is 12.5 Å². The third-order valence-corrected chi connectivity index (χ3v) is 1.83. The summed E-state index contributed by atoms with van der Waals surface area (Å²) in [7, 11) is 0. The monoisotopic (exact) mass is 219 g/mol. The summed E-state index contributed by atoms with van der Waals surface area (Å²) in [5, 5.41) is 8.44. The maximum Gasteiger partial charge on any atom is 0.320 e. The predicted molar refractivity (Wildman–Crippen MR) is 45.6 cm³/mol. The molecule has 0 amide bonds. The number of benzene rings is 1. The normalized spacial score (nSPS) is 12.5. The van der Waals surface area contributed by atoms with Crippen LogP contribution in [0.3, 0.4) is 0 Å². The number of carboxylic acids is 1. The van der Waals surface area contributed by atoms with Crippen molar-refractivity contribution < 1.29 is 23.1 Å². The van der Waals surface area contributed by atoms with Gasteiger partial charge >= 0.3 is 5.97 Å². The van der Waals surface area contributed by atoms with Crippen molar-refractivity contribution in [2.45, 2.75) is 12.5 Å². The lowest BCUT2D eigenvalue weighted by molar-refractivity contribution is -0.138. The maximum absolute atomic E-state index is 13.0. The number of halogens is 3. The van der Waals surface area contributed by atoms with E-state index < -0.39 is 35.9 Å². The fourth-order valence-electron chi connectivity index (χ4n) is 1.08. The number of carbonyl (C=O) groups is 1. The first-order valence-electron chi connectivity index (χ1n) is 4.03. The van der Waals surface area contributed by atoms with Gasteiger partial charge in [0.25, 0.3) is 0 Å². The van der Waals surface area contributed by atoms with Crippen LogP contribution in [0.15, 0.2) is 12.1 Å². The van der Waals surface area contributed by atoms with Gasteiger partial charge in [0.2, 0.25) is 0 Å². The Labute approximate surface area is 83.3 Å². The van der Waals surface area contributed by atoms with Crippen LogP contribution in [-0.2, 0) is 11.2 Å². The Bertz CT molecular complexity index is 395. The molecule has 0 heterocycles. The minimum absolute atomic E-state index is 0.380. The molecular weight excluding hydrogens is 211 g/mol. The molecule has 15 heavy (non-hydrogen) atoms. The fourth-order valence-corrected chi connectivity index (χ4v) is 1.08. The van der Waals surface area contributed by atoms with Gasteiger partial charge in [-0.25, -0.2) is 13.2 Å². The van der Waals surface area contributed by atoms with Crippen LogP contribution in [0.5, 0.6) is 0 Å². The van der Waals surface area contributed by atoms with Crippen molar-refractivity contribution in [2.75, 3.05) is 0 Å². The van der Waals surface area contributed by atoms with Crippen molar-refractivity contribution in [1.82, 2.24) is 0 Å². The minimum atomic E-state index is -1.39. The van der Waals surface area contributed by atoms with Gasteiger partial charge in [-0.3, -0.25) is 4.79 Å². The van der Waals surface area contributed by atoms with E-state index in [1.54, 1.807) is 0 Å². The Kier molecular flexibility index (Phi) is 3.31. The third kappa shape index (κ3) is 2.69. The van der Waals surface area contributed by atoms with E-state index in [4.69, 9.17) is 10.8 Å². The average molecular weight is 219 g/mol. The maximum atomic E-state index is 13.0. The molecule has 0 radical (unpaired) electrons. The van der Waals surface area contributed by atoms with Gasteiger partial charge in [-0.2, -0.15) is 0 Å². The van der Waals surface area contributed by atoms with Crippen molar-refractivity contribution in [3.05, 3.63) is 35.1 Å². The van der Waals surface area contributed by atoms with Gasteiger partial charge in [-0.05, 0) is 11.6 Å². The molecule has 0 unspecified atom stereocenters. The average Bonchev–Trinajstić information content (AvgIpc) is 2.13. The SMILES string of the molecule is N[C@@H](Cc1cc(F)cc(F)c1F)C(=O)O. The molecule has 0 spiro atoms. The first-order valence-corrected chi connectivity index (χ1v) is 4.03. The standard InChI is InChI=1S/C9H8F3NO2/c10-5-1-4(2-7(13)9(14)15)8(12)6(11)3-5/h1,3,7H,2,13H2,(H,14,15)/t7-/m0/s1. The first kappa shape index (κ1) is 11.5. The zero-order chi connectivity index (χ0) is 11.6. The quantitative estimate of drug-likeness (QED) is 0.747. The zero-order valence-electron chi connectivity index (χ0n) is 7.51. The van der Waals surface area contributed by atoms with Crippen LogP contribution in [0.2, 0.25) is 0 Å². The Morgan fingerprint density at radius 3 is 2.53 bits per heavy atom. The molecule has 3 nitrogen and oxygen atoms in total. The van der Waals surface area contributed by atoms with E-state index in [9.17, 15) is 18.0 Å². The highest BCUT2D eigenvalue weighted by Gasteiger charge is 2.17. The number of nitrogens with two attached hydrogens (primary N) is 1. The lowest BCUT2D eigenvalue weighted by Gasteiger charge is -2.07.